The maximum Gasteiger partial charge on any atom is 0.317 e. The summed E-state index contributed by atoms with van der Waals surface area (Å²) in [5.74, 6) is -0.800. The Morgan fingerprint density at radius 2 is 2.25 bits per heavy atom. The number of aliphatic carboxylic acids is 1. The summed E-state index contributed by atoms with van der Waals surface area (Å²) >= 11 is 3.50. The fourth-order valence-electron chi connectivity index (χ4n) is 2.31. The van der Waals surface area contributed by atoms with Gasteiger partial charge in [-0.15, -0.1) is 0 Å². The number of hydrogen-bond donors (Lipinski definition) is 1. The molecule has 2 aromatic rings. The number of nitrogens with zero attached hydrogens (tertiary/aromatic N) is 2. The first kappa shape index (κ1) is 14.9. The molecule has 0 bridgehead atoms. The van der Waals surface area contributed by atoms with E-state index in [0.717, 1.165) is 33.9 Å². The summed E-state index contributed by atoms with van der Waals surface area (Å²) in [4.78, 5) is 17.3. The highest BCUT2D eigenvalue weighted by Crippen LogP contribution is 2.23. The third kappa shape index (κ3) is 3.77. The van der Waals surface area contributed by atoms with Crippen LogP contribution in [0.5, 0.6) is 0 Å². The van der Waals surface area contributed by atoms with Crippen LogP contribution in [0.2, 0.25) is 0 Å². The molecule has 0 atom stereocenters. The Hall–Kier alpha value is -1.46. The van der Waals surface area contributed by atoms with Gasteiger partial charge in [-0.1, -0.05) is 28.9 Å². The molecular weight excluding hydrogens is 320 g/mol. The predicted octanol–water partition coefficient (Wildman–Crippen LogP) is 3.29. The average Bonchev–Trinajstić information content (AvgIpc) is 2.38. The zero-order valence-electron chi connectivity index (χ0n) is 11.3. The molecule has 106 valence electrons. The Bertz CT molecular complexity index is 616. The van der Waals surface area contributed by atoms with E-state index in [-0.39, 0.29) is 6.54 Å². The summed E-state index contributed by atoms with van der Waals surface area (Å²) in [5.41, 5.74) is 1.98. The van der Waals surface area contributed by atoms with Gasteiger partial charge in [-0.05, 0) is 36.7 Å². The van der Waals surface area contributed by atoms with Crippen molar-refractivity contribution < 1.29 is 9.90 Å². The molecule has 0 radical (unpaired) electrons. The highest BCUT2D eigenvalue weighted by atomic mass is 79.9. The van der Waals surface area contributed by atoms with Gasteiger partial charge in [0.1, 0.15) is 0 Å². The summed E-state index contributed by atoms with van der Waals surface area (Å²) in [5, 5.41) is 10.0. The molecule has 0 amide bonds. The highest BCUT2D eigenvalue weighted by molar-refractivity contribution is 9.10. The van der Waals surface area contributed by atoms with Gasteiger partial charge in [0.2, 0.25) is 0 Å². The van der Waals surface area contributed by atoms with Crippen LogP contribution in [0.3, 0.4) is 0 Å². The quantitative estimate of drug-likeness (QED) is 0.879. The molecule has 0 spiro atoms. The highest BCUT2D eigenvalue weighted by Gasteiger charge is 2.12. The average molecular weight is 337 g/mol. The monoisotopic (exact) mass is 336 g/mol. The first-order valence-electron chi connectivity index (χ1n) is 6.57. The van der Waals surface area contributed by atoms with E-state index in [1.54, 1.807) is 6.20 Å². The lowest BCUT2D eigenvalue weighted by Gasteiger charge is -2.20. The second-order valence-corrected chi connectivity index (χ2v) is 5.66. The number of carboxylic acid groups (broad SMARTS) is 1. The molecule has 1 N–H and O–H groups in total. The lowest BCUT2D eigenvalue weighted by molar-refractivity contribution is -0.138. The lowest BCUT2D eigenvalue weighted by Crippen LogP contribution is -2.30. The maximum absolute atomic E-state index is 10.9. The van der Waals surface area contributed by atoms with Crippen LogP contribution < -0.4 is 0 Å². The summed E-state index contributed by atoms with van der Waals surface area (Å²) in [6.45, 7) is 3.45. The van der Waals surface area contributed by atoms with E-state index >= 15 is 0 Å². The van der Waals surface area contributed by atoms with E-state index in [4.69, 9.17) is 5.11 Å². The van der Waals surface area contributed by atoms with Crippen molar-refractivity contribution >= 4 is 32.8 Å². The number of rotatable bonds is 6. The third-order valence-electron chi connectivity index (χ3n) is 3.04. The molecule has 1 aromatic carbocycles. The van der Waals surface area contributed by atoms with E-state index in [1.165, 1.54) is 0 Å². The van der Waals surface area contributed by atoms with Crippen molar-refractivity contribution in [1.29, 1.82) is 0 Å². The number of carboxylic acids is 1. The van der Waals surface area contributed by atoms with Crippen molar-refractivity contribution in [2.45, 2.75) is 19.9 Å². The van der Waals surface area contributed by atoms with Gasteiger partial charge in [-0.3, -0.25) is 14.7 Å². The van der Waals surface area contributed by atoms with Crippen LogP contribution in [0.15, 0.2) is 34.9 Å². The van der Waals surface area contributed by atoms with Crippen molar-refractivity contribution in [3.8, 4) is 0 Å². The van der Waals surface area contributed by atoms with Gasteiger partial charge in [0.05, 0.1) is 12.1 Å². The fourth-order valence-corrected chi connectivity index (χ4v) is 2.83. The Kier molecular flexibility index (Phi) is 5.09. The number of hydrogen-bond acceptors (Lipinski definition) is 3. The van der Waals surface area contributed by atoms with Gasteiger partial charge in [0, 0.05) is 22.6 Å². The minimum atomic E-state index is -0.800. The lowest BCUT2D eigenvalue weighted by atomic mass is 10.1. The van der Waals surface area contributed by atoms with Crippen LogP contribution in [0.1, 0.15) is 18.9 Å². The molecule has 5 heteroatoms. The molecule has 0 saturated carbocycles. The normalized spacial score (nSPS) is 11.2. The standard InChI is InChI=1S/C15H17BrN2O2/c1-2-6-18(10-14(19)20)9-12-8-13(16)7-11-4-3-5-17-15(11)12/h3-5,7-8H,2,6,9-10H2,1H3,(H,19,20). The number of benzene rings is 1. The molecule has 0 unspecified atom stereocenters. The van der Waals surface area contributed by atoms with Gasteiger partial charge in [0.15, 0.2) is 0 Å². The van der Waals surface area contributed by atoms with Crippen molar-refractivity contribution in [3.63, 3.8) is 0 Å². The Labute approximate surface area is 126 Å². The van der Waals surface area contributed by atoms with E-state index in [0.29, 0.717) is 6.54 Å². The van der Waals surface area contributed by atoms with Crippen LogP contribution in [0.4, 0.5) is 0 Å². The molecule has 0 saturated heterocycles. The smallest absolute Gasteiger partial charge is 0.317 e. The number of halogens is 1. The third-order valence-corrected chi connectivity index (χ3v) is 3.50. The summed E-state index contributed by atoms with van der Waals surface area (Å²) in [6.07, 6.45) is 2.69. The summed E-state index contributed by atoms with van der Waals surface area (Å²) in [6, 6.07) is 7.95. The van der Waals surface area contributed by atoms with Crippen molar-refractivity contribution in [2.75, 3.05) is 13.1 Å². The molecule has 20 heavy (non-hydrogen) atoms. The molecule has 0 aliphatic rings. The minimum absolute atomic E-state index is 0.0503. The molecule has 1 heterocycles. The number of aromatic nitrogens is 1. The van der Waals surface area contributed by atoms with E-state index in [1.807, 2.05) is 36.1 Å². The number of fused-ring (bicyclic) bond motifs is 1. The van der Waals surface area contributed by atoms with Gasteiger partial charge in [-0.2, -0.15) is 0 Å². The fraction of sp³-hybridized carbons (Fsp3) is 0.333. The predicted molar refractivity (Wildman–Crippen MR) is 82.6 cm³/mol. The van der Waals surface area contributed by atoms with Crippen molar-refractivity contribution in [2.24, 2.45) is 0 Å². The zero-order valence-corrected chi connectivity index (χ0v) is 12.9. The van der Waals surface area contributed by atoms with E-state index in [9.17, 15) is 4.79 Å². The molecule has 4 nitrogen and oxygen atoms in total. The minimum Gasteiger partial charge on any atom is -0.480 e. The van der Waals surface area contributed by atoms with Crippen molar-refractivity contribution in [3.05, 3.63) is 40.5 Å². The largest absolute Gasteiger partial charge is 0.480 e. The SMILES string of the molecule is CCCN(CC(=O)O)Cc1cc(Br)cc2cccnc12. The van der Waals surface area contributed by atoms with Crippen LogP contribution in [0, 0.1) is 0 Å². The number of carbonyl (C=O) groups is 1. The topological polar surface area (TPSA) is 53.4 Å². The van der Waals surface area contributed by atoms with Gasteiger partial charge in [-0.25, -0.2) is 0 Å². The van der Waals surface area contributed by atoms with Crippen LogP contribution in [-0.4, -0.2) is 34.0 Å². The van der Waals surface area contributed by atoms with Crippen molar-refractivity contribution in [1.82, 2.24) is 9.88 Å². The zero-order chi connectivity index (χ0) is 14.5. The van der Waals surface area contributed by atoms with Crippen LogP contribution >= 0.6 is 15.9 Å². The molecular formula is C15H17BrN2O2. The molecule has 0 aliphatic heterocycles. The molecule has 2 rings (SSSR count). The van der Waals surface area contributed by atoms with Crippen LogP contribution in [0.25, 0.3) is 10.9 Å². The van der Waals surface area contributed by atoms with E-state index in [2.05, 4.69) is 20.9 Å². The van der Waals surface area contributed by atoms with Crippen LogP contribution in [-0.2, 0) is 11.3 Å². The van der Waals surface area contributed by atoms with Gasteiger partial charge in [0.25, 0.3) is 0 Å². The second-order valence-electron chi connectivity index (χ2n) is 4.74. The Morgan fingerprint density at radius 3 is 2.95 bits per heavy atom. The number of pyridine rings is 1. The first-order chi connectivity index (χ1) is 9.60. The summed E-state index contributed by atoms with van der Waals surface area (Å²) in [7, 11) is 0. The second kappa shape index (κ2) is 6.81. The molecule has 1 aromatic heterocycles. The summed E-state index contributed by atoms with van der Waals surface area (Å²) < 4.78 is 0.986. The maximum atomic E-state index is 10.9. The molecule has 0 aliphatic carbocycles. The van der Waals surface area contributed by atoms with Gasteiger partial charge < -0.3 is 5.11 Å². The Morgan fingerprint density at radius 1 is 1.45 bits per heavy atom. The van der Waals surface area contributed by atoms with E-state index < -0.39 is 5.97 Å². The Balaban J connectivity index is 2.33. The van der Waals surface area contributed by atoms with Gasteiger partial charge >= 0.3 is 5.97 Å². The first-order valence-corrected chi connectivity index (χ1v) is 7.36. The molecule has 0 fully saturated rings.